The van der Waals surface area contributed by atoms with Crippen molar-refractivity contribution in [2.45, 2.75) is 82.8 Å². The maximum absolute atomic E-state index is 12.6. The van der Waals surface area contributed by atoms with E-state index in [-0.39, 0.29) is 22.9 Å². The summed E-state index contributed by atoms with van der Waals surface area (Å²) in [4.78, 5) is 41.2. The first-order valence-electron chi connectivity index (χ1n) is 9.16. The number of ether oxygens (including phenoxy) is 1. The Hall–Kier alpha value is -2.09. The lowest BCUT2D eigenvalue weighted by Crippen LogP contribution is -2.46. The van der Waals surface area contributed by atoms with Crippen LogP contribution in [0, 0.1) is 0 Å². The molecule has 28 heavy (non-hydrogen) atoms. The number of thioether (sulfide) groups is 1. The van der Waals surface area contributed by atoms with Gasteiger partial charge in [0.05, 0.1) is 10.8 Å². The number of esters is 1. The summed E-state index contributed by atoms with van der Waals surface area (Å²) in [7, 11) is 0. The Morgan fingerprint density at radius 2 is 1.54 bits per heavy atom. The first-order valence-corrected chi connectivity index (χ1v) is 10.0. The van der Waals surface area contributed by atoms with Gasteiger partial charge in [-0.3, -0.25) is 9.59 Å². The van der Waals surface area contributed by atoms with Crippen molar-refractivity contribution in [3.8, 4) is 0 Å². The molecule has 2 N–H and O–H groups in total. The van der Waals surface area contributed by atoms with Crippen molar-refractivity contribution in [2.75, 3.05) is 0 Å². The first kappa shape index (κ1) is 23.9. The van der Waals surface area contributed by atoms with Crippen LogP contribution in [0.25, 0.3) is 0 Å². The molecule has 1 aromatic rings. The number of pyridine rings is 1. The van der Waals surface area contributed by atoms with Gasteiger partial charge in [0.25, 0.3) is 5.91 Å². The van der Waals surface area contributed by atoms with E-state index in [1.54, 1.807) is 25.3 Å². The molecular weight excluding hydrogens is 378 g/mol. The largest absolute Gasteiger partial charge is 0.449 e. The lowest BCUT2D eigenvalue weighted by Gasteiger charge is -2.24. The second-order valence-electron chi connectivity index (χ2n) is 8.64. The third kappa shape index (κ3) is 8.29. The first-order chi connectivity index (χ1) is 12.7. The highest BCUT2D eigenvalue weighted by Crippen LogP contribution is 2.26. The minimum atomic E-state index is -0.952. The lowest BCUT2D eigenvalue weighted by atomic mass is 10.1. The van der Waals surface area contributed by atoms with Gasteiger partial charge in [-0.2, -0.15) is 0 Å². The van der Waals surface area contributed by atoms with Gasteiger partial charge < -0.3 is 15.4 Å². The molecule has 156 valence electrons. The molecule has 1 aromatic heterocycles. The van der Waals surface area contributed by atoms with Crippen molar-refractivity contribution in [1.29, 1.82) is 0 Å². The molecule has 0 spiro atoms. The highest BCUT2D eigenvalue weighted by molar-refractivity contribution is 8.00. The third-order valence-corrected chi connectivity index (χ3v) is 4.41. The fourth-order valence-corrected chi connectivity index (χ4v) is 2.98. The predicted octanol–water partition coefficient (Wildman–Crippen LogP) is 2.94. The molecule has 0 bridgehead atoms. The number of amides is 2. The summed E-state index contributed by atoms with van der Waals surface area (Å²) in [6.45, 7) is 14.5. The van der Waals surface area contributed by atoms with E-state index in [0.717, 1.165) is 0 Å². The minimum absolute atomic E-state index is 0.152. The SMILES string of the molecule is C[C@H](OC(=O)c1cccnc1S[C@H](C)C(=O)NC(C)(C)C)C(=O)NC(C)(C)C. The second kappa shape index (κ2) is 9.41. The van der Waals surface area contributed by atoms with Gasteiger partial charge in [-0.1, -0.05) is 11.8 Å². The molecule has 8 heteroatoms. The number of hydrogen-bond donors (Lipinski definition) is 2. The van der Waals surface area contributed by atoms with E-state index >= 15 is 0 Å². The zero-order valence-corrected chi connectivity index (χ0v) is 18.7. The van der Waals surface area contributed by atoms with E-state index in [1.807, 2.05) is 41.5 Å². The summed E-state index contributed by atoms with van der Waals surface area (Å²) in [5.41, 5.74) is -0.561. The smallest absolute Gasteiger partial charge is 0.341 e. The Labute approximate surface area is 171 Å². The molecule has 0 saturated carbocycles. The normalized spacial score (nSPS) is 14.0. The van der Waals surface area contributed by atoms with E-state index in [1.165, 1.54) is 18.7 Å². The van der Waals surface area contributed by atoms with Crippen LogP contribution in [0.3, 0.4) is 0 Å². The van der Waals surface area contributed by atoms with Crippen LogP contribution in [0.1, 0.15) is 65.7 Å². The maximum Gasteiger partial charge on any atom is 0.341 e. The van der Waals surface area contributed by atoms with Crippen LogP contribution in [-0.2, 0) is 14.3 Å². The van der Waals surface area contributed by atoms with Crippen LogP contribution in [0.2, 0.25) is 0 Å². The Morgan fingerprint density at radius 1 is 1.00 bits per heavy atom. The summed E-state index contributed by atoms with van der Waals surface area (Å²) in [6, 6.07) is 3.18. The van der Waals surface area contributed by atoms with E-state index < -0.39 is 22.9 Å². The summed E-state index contributed by atoms with van der Waals surface area (Å²) in [5, 5.41) is 5.60. The van der Waals surface area contributed by atoms with Crippen molar-refractivity contribution in [1.82, 2.24) is 15.6 Å². The van der Waals surface area contributed by atoms with Crippen molar-refractivity contribution in [3.63, 3.8) is 0 Å². The molecule has 0 saturated heterocycles. The van der Waals surface area contributed by atoms with Gasteiger partial charge in [0, 0.05) is 17.3 Å². The second-order valence-corrected chi connectivity index (χ2v) is 9.97. The van der Waals surface area contributed by atoms with E-state index in [9.17, 15) is 14.4 Å². The molecule has 1 rings (SSSR count). The van der Waals surface area contributed by atoms with Crippen LogP contribution in [0.4, 0.5) is 0 Å². The van der Waals surface area contributed by atoms with E-state index in [4.69, 9.17) is 4.74 Å². The zero-order valence-electron chi connectivity index (χ0n) is 17.9. The van der Waals surface area contributed by atoms with Crippen molar-refractivity contribution in [3.05, 3.63) is 23.9 Å². The van der Waals surface area contributed by atoms with Crippen molar-refractivity contribution >= 4 is 29.5 Å². The highest BCUT2D eigenvalue weighted by Gasteiger charge is 2.26. The fourth-order valence-electron chi connectivity index (χ4n) is 2.08. The zero-order chi connectivity index (χ0) is 21.7. The van der Waals surface area contributed by atoms with Gasteiger partial charge in [-0.25, -0.2) is 9.78 Å². The number of nitrogens with zero attached hydrogens (tertiary/aromatic N) is 1. The van der Waals surface area contributed by atoms with Crippen molar-refractivity contribution in [2.24, 2.45) is 0 Å². The molecule has 0 aliphatic heterocycles. The maximum atomic E-state index is 12.6. The summed E-state index contributed by atoms with van der Waals surface area (Å²) in [6.07, 6.45) is 0.592. The monoisotopic (exact) mass is 409 g/mol. The third-order valence-electron chi connectivity index (χ3n) is 3.30. The predicted molar refractivity (Wildman–Crippen MR) is 110 cm³/mol. The van der Waals surface area contributed by atoms with Crippen molar-refractivity contribution < 1.29 is 19.1 Å². The van der Waals surface area contributed by atoms with E-state index in [2.05, 4.69) is 15.6 Å². The molecule has 0 aromatic carbocycles. The van der Waals surface area contributed by atoms with Crippen LogP contribution < -0.4 is 10.6 Å². The van der Waals surface area contributed by atoms with Gasteiger partial charge in [-0.05, 0) is 67.5 Å². The molecule has 0 fully saturated rings. The molecule has 1 heterocycles. The van der Waals surface area contributed by atoms with Gasteiger partial charge in [0.15, 0.2) is 6.10 Å². The molecule has 2 amide bonds. The minimum Gasteiger partial charge on any atom is -0.449 e. The molecular formula is C20H31N3O4S. The van der Waals surface area contributed by atoms with Gasteiger partial charge >= 0.3 is 5.97 Å². The fraction of sp³-hybridized carbons (Fsp3) is 0.600. The topological polar surface area (TPSA) is 97.4 Å². The average Bonchev–Trinajstić information content (AvgIpc) is 2.51. The Bertz CT molecular complexity index is 723. The number of nitrogens with one attached hydrogen (secondary N) is 2. The van der Waals surface area contributed by atoms with Crippen LogP contribution in [0.15, 0.2) is 23.4 Å². The van der Waals surface area contributed by atoms with Gasteiger partial charge in [0.1, 0.15) is 5.03 Å². The Balaban J connectivity index is 2.86. The number of carbonyl (C=O) groups excluding carboxylic acids is 3. The molecule has 0 radical (unpaired) electrons. The molecule has 0 aliphatic carbocycles. The van der Waals surface area contributed by atoms with Crippen LogP contribution >= 0.6 is 11.8 Å². The Morgan fingerprint density at radius 3 is 2.07 bits per heavy atom. The number of hydrogen-bond acceptors (Lipinski definition) is 6. The van der Waals surface area contributed by atoms with Gasteiger partial charge in [0.2, 0.25) is 5.91 Å². The van der Waals surface area contributed by atoms with E-state index in [0.29, 0.717) is 5.03 Å². The molecule has 0 aliphatic rings. The molecule has 2 atom stereocenters. The summed E-state index contributed by atoms with van der Waals surface area (Å²) < 4.78 is 5.30. The average molecular weight is 410 g/mol. The molecule has 0 unspecified atom stereocenters. The quantitative estimate of drug-likeness (QED) is 0.554. The highest BCUT2D eigenvalue weighted by atomic mass is 32.2. The number of rotatable bonds is 6. The number of aromatic nitrogens is 1. The summed E-state index contributed by atoms with van der Waals surface area (Å²) in [5.74, 6) is -1.19. The summed E-state index contributed by atoms with van der Waals surface area (Å²) >= 11 is 1.17. The Kier molecular flexibility index (Phi) is 8.05. The number of carbonyl (C=O) groups is 3. The van der Waals surface area contributed by atoms with Crippen LogP contribution in [0.5, 0.6) is 0 Å². The standard InChI is InChI=1S/C20H31N3O4S/c1-12(15(24)22-19(3,4)5)27-18(26)14-10-9-11-21-17(14)28-13(2)16(25)23-20(6,7)8/h9-13H,1-8H3,(H,22,24)(H,23,25)/t12-,13+/m0/s1. The lowest BCUT2D eigenvalue weighted by molar-refractivity contribution is -0.130. The van der Waals surface area contributed by atoms with Gasteiger partial charge in [-0.15, -0.1) is 0 Å². The van der Waals surface area contributed by atoms with Crippen LogP contribution in [-0.4, -0.2) is 45.2 Å². The molecule has 7 nitrogen and oxygen atoms in total.